The fraction of sp³-hybridized carbons (Fsp3) is 0.889. The highest BCUT2D eigenvalue weighted by Crippen LogP contribution is 2.26. The molecule has 0 unspecified atom stereocenters. The quantitative estimate of drug-likeness (QED) is 0.594. The lowest BCUT2D eigenvalue weighted by Crippen LogP contribution is -2.39. The largest absolute Gasteiger partial charge is 0.395 e. The van der Waals surface area contributed by atoms with Gasteiger partial charge in [-0.05, 0) is 12.3 Å². The van der Waals surface area contributed by atoms with Gasteiger partial charge in [0.05, 0.1) is 5.71 Å². The topological polar surface area (TPSA) is 30.8 Å². The van der Waals surface area contributed by atoms with Crippen molar-refractivity contribution in [3.63, 3.8) is 0 Å². The van der Waals surface area contributed by atoms with E-state index in [1.165, 1.54) is 0 Å². The standard InChI is InChI=1S/C9H15NO2/c1-6(2)9-8-7(3-4-11-9)5-12-10-8/h6-7,9H,3-5H2,1-2H3/t7-,9+/m1/s1. The van der Waals surface area contributed by atoms with E-state index in [4.69, 9.17) is 9.57 Å². The van der Waals surface area contributed by atoms with Gasteiger partial charge in [-0.25, -0.2) is 0 Å². The first-order chi connectivity index (χ1) is 5.79. The van der Waals surface area contributed by atoms with E-state index in [-0.39, 0.29) is 6.10 Å². The maximum absolute atomic E-state index is 5.64. The van der Waals surface area contributed by atoms with Gasteiger partial charge in [-0.1, -0.05) is 19.0 Å². The van der Waals surface area contributed by atoms with Crippen LogP contribution in [0, 0.1) is 11.8 Å². The fourth-order valence-corrected chi connectivity index (χ4v) is 1.83. The van der Waals surface area contributed by atoms with Crippen LogP contribution in [0.25, 0.3) is 0 Å². The molecule has 1 fully saturated rings. The molecule has 68 valence electrons. The monoisotopic (exact) mass is 169 g/mol. The number of fused-ring (bicyclic) bond motifs is 1. The van der Waals surface area contributed by atoms with Gasteiger partial charge in [0.25, 0.3) is 0 Å². The van der Waals surface area contributed by atoms with E-state index >= 15 is 0 Å². The predicted molar refractivity (Wildman–Crippen MR) is 46.1 cm³/mol. The van der Waals surface area contributed by atoms with Gasteiger partial charge in [0.2, 0.25) is 0 Å². The van der Waals surface area contributed by atoms with E-state index in [1.807, 2.05) is 0 Å². The Morgan fingerprint density at radius 2 is 2.33 bits per heavy atom. The molecule has 2 atom stereocenters. The Morgan fingerprint density at radius 1 is 1.50 bits per heavy atom. The van der Waals surface area contributed by atoms with Gasteiger partial charge in [-0.3, -0.25) is 0 Å². The molecule has 0 amide bonds. The molecule has 3 heteroatoms. The lowest BCUT2D eigenvalue weighted by molar-refractivity contribution is 0.0410. The second-order valence-electron chi connectivity index (χ2n) is 3.83. The second-order valence-corrected chi connectivity index (χ2v) is 3.83. The maximum atomic E-state index is 5.64. The minimum atomic E-state index is 0.200. The summed E-state index contributed by atoms with van der Waals surface area (Å²) >= 11 is 0. The Kier molecular flexibility index (Phi) is 2.05. The third-order valence-corrected chi connectivity index (χ3v) is 2.52. The number of nitrogens with zero attached hydrogens (tertiary/aromatic N) is 1. The van der Waals surface area contributed by atoms with E-state index < -0.39 is 0 Å². The number of oxime groups is 1. The normalized spacial score (nSPS) is 34.4. The van der Waals surface area contributed by atoms with Crippen LogP contribution in [0.4, 0.5) is 0 Å². The van der Waals surface area contributed by atoms with Crippen molar-refractivity contribution in [1.29, 1.82) is 0 Å². The molecule has 0 aromatic carbocycles. The third-order valence-electron chi connectivity index (χ3n) is 2.52. The van der Waals surface area contributed by atoms with Gasteiger partial charge in [0, 0.05) is 12.5 Å². The van der Waals surface area contributed by atoms with Crippen molar-refractivity contribution in [2.75, 3.05) is 13.2 Å². The summed E-state index contributed by atoms with van der Waals surface area (Å²) in [6.07, 6.45) is 1.27. The van der Waals surface area contributed by atoms with Crippen LogP contribution in [0.3, 0.4) is 0 Å². The van der Waals surface area contributed by atoms with Crippen molar-refractivity contribution in [1.82, 2.24) is 0 Å². The molecule has 1 saturated heterocycles. The summed E-state index contributed by atoms with van der Waals surface area (Å²) in [6.45, 7) is 5.94. The zero-order valence-electron chi connectivity index (χ0n) is 7.62. The van der Waals surface area contributed by atoms with Crippen LogP contribution < -0.4 is 0 Å². The van der Waals surface area contributed by atoms with E-state index in [2.05, 4.69) is 19.0 Å². The van der Waals surface area contributed by atoms with E-state index in [0.29, 0.717) is 11.8 Å². The molecule has 2 rings (SSSR count). The number of rotatable bonds is 1. The van der Waals surface area contributed by atoms with Crippen LogP contribution in [-0.4, -0.2) is 25.0 Å². The molecular weight excluding hydrogens is 154 g/mol. The van der Waals surface area contributed by atoms with Crippen LogP contribution in [0.2, 0.25) is 0 Å². The smallest absolute Gasteiger partial charge is 0.125 e. The van der Waals surface area contributed by atoms with Crippen molar-refractivity contribution in [2.45, 2.75) is 26.4 Å². The first-order valence-electron chi connectivity index (χ1n) is 4.60. The van der Waals surface area contributed by atoms with E-state index in [9.17, 15) is 0 Å². The Hall–Kier alpha value is -0.570. The molecule has 0 aliphatic carbocycles. The summed E-state index contributed by atoms with van der Waals surface area (Å²) in [7, 11) is 0. The highest BCUT2D eigenvalue weighted by molar-refractivity contribution is 5.92. The molecule has 0 N–H and O–H groups in total. The van der Waals surface area contributed by atoms with E-state index in [1.54, 1.807) is 0 Å². The molecule has 0 spiro atoms. The molecule has 2 heterocycles. The van der Waals surface area contributed by atoms with Crippen molar-refractivity contribution >= 4 is 5.71 Å². The number of ether oxygens (including phenoxy) is 1. The Labute approximate surface area is 72.7 Å². The lowest BCUT2D eigenvalue weighted by Gasteiger charge is -2.28. The highest BCUT2D eigenvalue weighted by atomic mass is 16.6. The van der Waals surface area contributed by atoms with Crippen LogP contribution in [0.15, 0.2) is 5.16 Å². The summed E-state index contributed by atoms with van der Waals surface area (Å²) in [6, 6.07) is 0. The van der Waals surface area contributed by atoms with Gasteiger partial charge >= 0.3 is 0 Å². The molecule has 0 saturated carbocycles. The fourth-order valence-electron chi connectivity index (χ4n) is 1.83. The lowest BCUT2D eigenvalue weighted by atomic mass is 9.89. The SMILES string of the molecule is CC(C)[C@@H]1OCC[C@@H]2CON=C21. The average Bonchev–Trinajstić information content (AvgIpc) is 2.49. The van der Waals surface area contributed by atoms with Crippen LogP contribution >= 0.6 is 0 Å². The molecule has 0 aromatic rings. The van der Waals surface area contributed by atoms with Gasteiger partial charge in [-0.15, -0.1) is 0 Å². The second kappa shape index (κ2) is 3.05. The Bertz CT molecular complexity index is 201. The zero-order valence-corrected chi connectivity index (χ0v) is 7.62. The van der Waals surface area contributed by atoms with Crippen molar-refractivity contribution in [3.05, 3.63) is 0 Å². The first-order valence-corrected chi connectivity index (χ1v) is 4.60. The van der Waals surface area contributed by atoms with E-state index in [0.717, 1.165) is 25.3 Å². The zero-order chi connectivity index (χ0) is 8.55. The summed E-state index contributed by atoms with van der Waals surface area (Å²) < 4.78 is 5.64. The predicted octanol–water partition coefficient (Wildman–Crippen LogP) is 1.43. The van der Waals surface area contributed by atoms with Crippen LogP contribution in [0.5, 0.6) is 0 Å². The van der Waals surface area contributed by atoms with Gasteiger partial charge in [0.1, 0.15) is 12.7 Å². The minimum Gasteiger partial charge on any atom is -0.395 e. The number of hydrogen-bond donors (Lipinski definition) is 0. The molecule has 2 aliphatic heterocycles. The van der Waals surface area contributed by atoms with Gasteiger partial charge < -0.3 is 9.57 Å². The molecule has 12 heavy (non-hydrogen) atoms. The Balaban J connectivity index is 2.13. The number of hydrogen-bond acceptors (Lipinski definition) is 3. The molecule has 0 radical (unpaired) electrons. The third kappa shape index (κ3) is 1.22. The minimum absolute atomic E-state index is 0.200. The molecule has 0 aromatic heterocycles. The highest BCUT2D eigenvalue weighted by Gasteiger charge is 2.35. The summed E-state index contributed by atoms with van der Waals surface area (Å²) in [5.74, 6) is 1.04. The van der Waals surface area contributed by atoms with Crippen molar-refractivity contribution in [2.24, 2.45) is 17.0 Å². The maximum Gasteiger partial charge on any atom is 0.125 e. The summed E-state index contributed by atoms with van der Waals surface area (Å²) in [5.41, 5.74) is 1.14. The van der Waals surface area contributed by atoms with Crippen LogP contribution in [0.1, 0.15) is 20.3 Å². The van der Waals surface area contributed by atoms with Crippen molar-refractivity contribution < 1.29 is 9.57 Å². The van der Waals surface area contributed by atoms with Gasteiger partial charge in [0.15, 0.2) is 0 Å². The molecular formula is C9H15NO2. The van der Waals surface area contributed by atoms with Crippen molar-refractivity contribution in [3.8, 4) is 0 Å². The van der Waals surface area contributed by atoms with Gasteiger partial charge in [-0.2, -0.15) is 0 Å². The summed E-state index contributed by atoms with van der Waals surface area (Å²) in [5, 5.41) is 4.05. The molecule has 2 aliphatic rings. The molecule has 0 bridgehead atoms. The first kappa shape index (κ1) is 8.05. The van der Waals surface area contributed by atoms with Crippen LogP contribution in [-0.2, 0) is 9.57 Å². The Morgan fingerprint density at radius 3 is 3.08 bits per heavy atom. The molecule has 3 nitrogen and oxygen atoms in total. The summed E-state index contributed by atoms with van der Waals surface area (Å²) in [4.78, 5) is 5.08. The average molecular weight is 169 g/mol.